The lowest BCUT2D eigenvalue weighted by Crippen LogP contribution is -2.39. The summed E-state index contributed by atoms with van der Waals surface area (Å²) in [6, 6.07) is 5.34. The first-order chi connectivity index (χ1) is 9.43. The summed E-state index contributed by atoms with van der Waals surface area (Å²) in [6.45, 7) is 1.29. The summed E-state index contributed by atoms with van der Waals surface area (Å²) in [6.07, 6.45) is 0. The van der Waals surface area contributed by atoms with Gasteiger partial charge in [-0.05, 0) is 31.2 Å². The van der Waals surface area contributed by atoms with Gasteiger partial charge >= 0.3 is 5.97 Å². The molecule has 0 saturated heterocycles. The van der Waals surface area contributed by atoms with Crippen LogP contribution in [0.25, 0.3) is 0 Å². The van der Waals surface area contributed by atoms with Gasteiger partial charge in [0, 0.05) is 5.56 Å². The fourth-order valence-electron chi connectivity index (χ4n) is 1.37. The number of carbonyl (C=O) groups excluding carboxylic acids is 3. The van der Waals surface area contributed by atoms with Crippen molar-refractivity contribution in [1.82, 2.24) is 5.32 Å². The molecule has 0 fully saturated rings. The molecule has 0 aliphatic rings. The van der Waals surface area contributed by atoms with Gasteiger partial charge in [-0.15, -0.1) is 0 Å². The van der Waals surface area contributed by atoms with Crippen LogP contribution in [0.4, 0.5) is 0 Å². The zero-order chi connectivity index (χ0) is 15.1. The molecule has 108 valence electrons. The lowest BCUT2D eigenvalue weighted by atomic mass is 10.2. The minimum atomic E-state index is -0.738. The van der Waals surface area contributed by atoms with Crippen LogP contribution < -0.4 is 15.8 Å². The highest BCUT2D eigenvalue weighted by Crippen LogP contribution is 2.12. The SMILES string of the molecule is COC(=O)C(C)NC(=O)c1ccc(OCC(N)=O)cc1. The molecule has 1 rings (SSSR count). The molecule has 0 aliphatic carbocycles. The third-order valence-corrected chi connectivity index (χ3v) is 2.40. The van der Waals surface area contributed by atoms with Gasteiger partial charge in [-0.1, -0.05) is 0 Å². The molecule has 7 heteroatoms. The fraction of sp³-hybridized carbons (Fsp3) is 0.308. The van der Waals surface area contributed by atoms with Gasteiger partial charge in [0.25, 0.3) is 11.8 Å². The Hall–Kier alpha value is -2.57. The predicted molar refractivity (Wildman–Crippen MR) is 70.1 cm³/mol. The summed E-state index contributed by atoms with van der Waals surface area (Å²) >= 11 is 0. The zero-order valence-electron chi connectivity index (χ0n) is 11.2. The van der Waals surface area contributed by atoms with E-state index >= 15 is 0 Å². The van der Waals surface area contributed by atoms with Gasteiger partial charge in [-0.25, -0.2) is 4.79 Å². The van der Waals surface area contributed by atoms with Crippen LogP contribution in [0.15, 0.2) is 24.3 Å². The summed E-state index contributed by atoms with van der Waals surface area (Å²) in [4.78, 5) is 33.6. The number of nitrogens with two attached hydrogens (primary N) is 1. The molecule has 0 aliphatic heterocycles. The molecule has 0 spiro atoms. The van der Waals surface area contributed by atoms with Crippen molar-refractivity contribution >= 4 is 17.8 Å². The van der Waals surface area contributed by atoms with E-state index in [1.54, 1.807) is 0 Å². The summed E-state index contributed by atoms with van der Waals surface area (Å²) in [5.41, 5.74) is 5.30. The van der Waals surface area contributed by atoms with E-state index in [1.807, 2.05) is 0 Å². The molecular formula is C13H16N2O5. The first kappa shape index (κ1) is 15.5. The van der Waals surface area contributed by atoms with Gasteiger partial charge in [0.15, 0.2) is 6.61 Å². The summed E-state index contributed by atoms with van der Waals surface area (Å²) in [5.74, 6) is -1.11. The molecule has 0 aromatic heterocycles. The van der Waals surface area contributed by atoms with Crippen molar-refractivity contribution in [2.24, 2.45) is 5.73 Å². The van der Waals surface area contributed by atoms with Crippen molar-refractivity contribution in [1.29, 1.82) is 0 Å². The van der Waals surface area contributed by atoms with E-state index in [9.17, 15) is 14.4 Å². The number of esters is 1. The Morgan fingerprint density at radius 2 is 1.85 bits per heavy atom. The predicted octanol–water partition coefficient (Wildman–Crippen LogP) is -0.158. The summed E-state index contributed by atoms with van der Waals surface area (Å²) < 4.78 is 9.56. The molecule has 2 amide bonds. The molecule has 7 nitrogen and oxygen atoms in total. The van der Waals surface area contributed by atoms with E-state index in [4.69, 9.17) is 10.5 Å². The fourth-order valence-corrected chi connectivity index (χ4v) is 1.37. The Bertz CT molecular complexity index is 498. The number of methoxy groups -OCH3 is 1. The zero-order valence-corrected chi connectivity index (χ0v) is 11.2. The topological polar surface area (TPSA) is 108 Å². The van der Waals surface area contributed by atoms with Gasteiger partial charge in [0.05, 0.1) is 7.11 Å². The maximum Gasteiger partial charge on any atom is 0.328 e. The molecule has 20 heavy (non-hydrogen) atoms. The van der Waals surface area contributed by atoms with E-state index in [-0.39, 0.29) is 6.61 Å². The van der Waals surface area contributed by atoms with Crippen molar-refractivity contribution < 1.29 is 23.9 Å². The van der Waals surface area contributed by atoms with Crippen LogP contribution in [0.5, 0.6) is 5.75 Å². The van der Waals surface area contributed by atoms with Crippen LogP contribution in [0.2, 0.25) is 0 Å². The molecule has 0 saturated carbocycles. The molecule has 0 bridgehead atoms. The Kier molecular flexibility index (Phi) is 5.52. The number of hydrogen-bond acceptors (Lipinski definition) is 5. The largest absolute Gasteiger partial charge is 0.484 e. The van der Waals surface area contributed by atoms with Gasteiger partial charge in [-0.3, -0.25) is 9.59 Å². The van der Waals surface area contributed by atoms with E-state index in [0.29, 0.717) is 11.3 Å². The highest BCUT2D eigenvalue weighted by atomic mass is 16.5. The second-order valence-corrected chi connectivity index (χ2v) is 4.00. The average Bonchev–Trinajstić information content (AvgIpc) is 2.44. The number of ether oxygens (including phenoxy) is 2. The first-order valence-electron chi connectivity index (χ1n) is 5.84. The third kappa shape index (κ3) is 4.60. The van der Waals surface area contributed by atoms with Crippen LogP contribution in [0, 0.1) is 0 Å². The number of benzene rings is 1. The smallest absolute Gasteiger partial charge is 0.328 e. The van der Waals surface area contributed by atoms with Gasteiger partial charge in [-0.2, -0.15) is 0 Å². The minimum Gasteiger partial charge on any atom is -0.484 e. The lowest BCUT2D eigenvalue weighted by Gasteiger charge is -2.11. The number of hydrogen-bond donors (Lipinski definition) is 2. The molecule has 0 radical (unpaired) electrons. The van der Waals surface area contributed by atoms with Gasteiger partial charge in [0.1, 0.15) is 11.8 Å². The average molecular weight is 280 g/mol. The van der Waals surface area contributed by atoms with Crippen molar-refractivity contribution in [3.05, 3.63) is 29.8 Å². The summed E-state index contributed by atoms with van der Waals surface area (Å²) in [7, 11) is 1.25. The number of carbonyl (C=O) groups is 3. The Morgan fingerprint density at radius 3 is 2.35 bits per heavy atom. The quantitative estimate of drug-likeness (QED) is 0.704. The standard InChI is InChI=1S/C13H16N2O5/c1-8(13(18)19-2)15-12(17)9-3-5-10(6-4-9)20-7-11(14)16/h3-6,8H,7H2,1-2H3,(H2,14,16)(H,15,17). The molecule has 1 unspecified atom stereocenters. The summed E-state index contributed by atoms with van der Waals surface area (Å²) in [5, 5.41) is 2.49. The van der Waals surface area contributed by atoms with E-state index in [1.165, 1.54) is 38.3 Å². The molecular weight excluding hydrogens is 264 g/mol. The van der Waals surface area contributed by atoms with E-state index in [0.717, 1.165) is 0 Å². The molecule has 3 N–H and O–H groups in total. The highest BCUT2D eigenvalue weighted by Gasteiger charge is 2.16. The number of amides is 2. The third-order valence-electron chi connectivity index (χ3n) is 2.40. The van der Waals surface area contributed by atoms with E-state index < -0.39 is 23.8 Å². The van der Waals surface area contributed by atoms with Gasteiger partial charge in [0.2, 0.25) is 0 Å². The number of rotatable bonds is 6. The Morgan fingerprint density at radius 1 is 1.25 bits per heavy atom. The van der Waals surface area contributed by atoms with Crippen molar-refractivity contribution in [2.75, 3.05) is 13.7 Å². The molecule has 0 heterocycles. The monoisotopic (exact) mass is 280 g/mol. The number of primary amides is 1. The highest BCUT2D eigenvalue weighted by molar-refractivity contribution is 5.96. The first-order valence-corrected chi connectivity index (χ1v) is 5.84. The van der Waals surface area contributed by atoms with Crippen LogP contribution >= 0.6 is 0 Å². The maximum atomic E-state index is 11.8. The maximum absolute atomic E-state index is 11.8. The van der Waals surface area contributed by atoms with Crippen molar-refractivity contribution in [3.8, 4) is 5.75 Å². The molecule has 1 aromatic rings. The molecule has 1 atom stereocenters. The normalized spacial score (nSPS) is 11.3. The second-order valence-electron chi connectivity index (χ2n) is 4.00. The minimum absolute atomic E-state index is 0.231. The van der Waals surface area contributed by atoms with E-state index in [2.05, 4.69) is 10.1 Å². The van der Waals surface area contributed by atoms with Gasteiger partial charge < -0.3 is 20.5 Å². The second kappa shape index (κ2) is 7.13. The van der Waals surface area contributed by atoms with Crippen LogP contribution in [0.3, 0.4) is 0 Å². The Balaban J connectivity index is 2.61. The van der Waals surface area contributed by atoms with Crippen LogP contribution in [0.1, 0.15) is 17.3 Å². The van der Waals surface area contributed by atoms with Crippen LogP contribution in [-0.2, 0) is 14.3 Å². The van der Waals surface area contributed by atoms with Crippen molar-refractivity contribution in [3.63, 3.8) is 0 Å². The van der Waals surface area contributed by atoms with Crippen LogP contribution in [-0.4, -0.2) is 37.5 Å². The lowest BCUT2D eigenvalue weighted by molar-refractivity contribution is -0.142. The number of nitrogens with one attached hydrogen (secondary N) is 1. The molecule has 1 aromatic carbocycles. The Labute approximate surface area is 116 Å². The van der Waals surface area contributed by atoms with Crippen molar-refractivity contribution in [2.45, 2.75) is 13.0 Å².